The fourth-order valence-corrected chi connectivity index (χ4v) is 6.05. The van der Waals surface area contributed by atoms with Gasteiger partial charge in [0.15, 0.2) is 0 Å². The van der Waals surface area contributed by atoms with Crippen molar-refractivity contribution < 1.29 is 4.42 Å². The molecular weight excluding hydrogens is 488 g/mol. The minimum absolute atomic E-state index is 0.363. The predicted octanol–water partition coefficient (Wildman–Crippen LogP) is 10.5. The topological polar surface area (TPSA) is 31.0 Å². The molecule has 0 fully saturated rings. The van der Waals surface area contributed by atoms with Crippen molar-refractivity contribution in [3.8, 4) is 28.2 Å². The van der Waals surface area contributed by atoms with Gasteiger partial charge in [0.2, 0.25) is 0 Å². The zero-order valence-corrected chi connectivity index (χ0v) is 23.3. The highest BCUT2D eigenvalue weighted by Crippen LogP contribution is 2.40. The molecule has 0 amide bonds. The third kappa shape index (κ3) is 3.84. The van der Waals surface area contributed by atoms with E-state index in [1.54, 1.807) is 0 Å². The third-order valence-corrected chi connectivity index (χ3v) is 8.04. The number of benzene rings is 5. The average molecular weight is 521 g/mol. The molecule has 3 heteroatoms. The van der Waals surface area contributed by atoms with Gasteiger partial charge in [-0.2, -0.15) is 0 Å². The van der Waals surface area contributed by atoms with Gasteiger partial charge in [-0.25, -0.2) is 4.98 Å². The first-order valence-corrected chi connectivity index (χ1v) is 14.1. The fourth-order valence-electron chi connectivity index (χ4n) is 6.05. The zero-order valence-electron chi connectivity index (χ0n) is 23.3. The lowest BCUT2D eigenvalue weighted by atomic mass is 9.92. The number of furan rings is 1. The number of fused-ring (bicyclic) bond motifs is 3. The molecule has 0 saturated heterocycles. The number of aromatic nitrogens is 2. The van der Waals surface area contributed by atoms with Gasteiger partial charge in [0, 0.05) is 5.39 Å². The van der Waals surface area contributed by atoms with E-state index in [4.69, 9.17) is 9.40 Å². The van der Waals surface area contributed by atoms with Crippen molar-refractivity contribution in [1.82, 2.24) is 9.55 Å². The molecule has 2 aromatic heterocycles. The highest BCUT2D eigenvalue weighted by Gasteiger charge is 2.24. The second-order valence-corrected chi connectivity index (χ2v) is 11.2. The van der Waals surface area contributed by atoms with Crippen LogP contribution in [0.25, 0.3) is 61.0 Å². The van der Waals surface area contributed by atoms with Crippen LogP contribution >= 0.6 is 0 Å². The standard InChI is InChI=1S/C37H32N2O/c1-23(2)27-14-10-15-28(24(3)4)36(27)39-34-18-8-7-17-33(34)38-37(39)32-22-40-35-20-19-26(21-31(32)35)30-16-9-12-25-11-5-6-13-29(25)30/h5-24H,1-4H3. The van der Waals surface area contributed by atoms with Crippen LogP contribution in [0.2, 0.25) is 0 Å². The van der Waals surface area contributed by atoms with Crippen molar-refractivity contribution in [3.63, 3.8) is 0 Å². The van der Waals surface area contributed by atoms with Gasteiger partial charge in [-0.1, -0.05) is 107 Å². The van der Waals surface area contributed by atoms with Gasteiger partial charge in [0.1, 0.15) is 17.7 Å². The Morgan fingerprint density at radius 3 is 2.15 bits per heavy atom. The molecule has 2 heterocycles. The van der Waals surface area contributed by atoms with Crippen molar-refractivity contribution in [3.05, 3.63) is 121 Å². The van der Waals surface area contributed by atoms with E-state index in [1.807, 2.05) is 6.26 Å². The van der Waals surface area contributed by atoms with E-state index in [1.165, 1.54) is 38.7 Å². The Labute approximate surface area is 234 Å². The van der Waals surface area contributed by atoms with Crippen molar-refractivity contribution in [2.24, 2.45) is 0 Å². The van der Waals surface area contributed by atoms with E-state index < -0.39 is 0 Å². The van der Waals surface area contributed by atoms with Gasteiger partial charge in [0.25, 0.3) is 0 Å². The Kier molecular flexibility index (Phi) is 5.82. The number of para-hydroxylation sites is 3. The lowest BCUT2D eigenvalue weighted by Gasteiger charge is -2.22. The normalized spacial score (nSPS) is 11.9. The lowest BCUT2D eigenvalue weighted by Crippen LogP contribution is -2.08. The Morgan fingerprint density at radius 1 is 0.650 bits per heavy atom. The zero-order chi connectivity index (χ0) is 27.4. The first-order chi connectivity index (χ1) is 19.5. The Bertz CT molecular complexity index is 1990. The number of hydrogen-bond donors (Lipinski definition) is 0. The summed E-state index contributed by atoms with van der Waals surface area (Å²) in [5.41, 5.74) is 10.2. The summed E-state index contributed by atoms with van der Waals surface area (Å²) < 4.78 is 8.54. The minimum Gasteiger partial charge on any atom is -0.464 e. The first-order valence-electron chi connectivity index (χ1n) is 14.1. The van der Waals surface area contributed by atoms with Gasteiger partial charge < -0.3 is 4.42 Å². The molecule has 196 valence electrons. The molecule has 7 aromatic rings. The van der Waals surface area contributed by atoms with Crippen LogP contribution in [-0.4, -0.2) is 9.55 Å². The Balaban J connectivity index is 1.53. The Morgan fingerprint density at radius 2 is 1.35 bits per heavy atom. The molecule has 0 N–H and O–H groups in total. The van der Waals surface area contributed by atoms with Crippen LogP contribution in [0.15, 0.2) is 114 Å². The van der Waals surface area contributed by atoms with Crippen molar-refractivity contribution >= 4 is 32.8 Å². The summed E-state index contributed by atoms with van der Waals surface area (Å²) in [6, 6.07) is 36.7. The second kappa shape index (κ2) is 9.53. The Hall–Kier alpha value is -4.63. The molecule has 40 heavy (non-hydrogen) atoms. The molecule has 0 unspecified atom stereocenters. The molecular formula is C37H32N2O. The average Bonchev–Trinajstić information content (AvgIpc) is 3.57. The van der Waals surface area contributed by atoms with E-state index in [9.17, 15) is 0 Å². The number of nitrogens with zero attached hydrogens (tertiary/aromatic N) is 2. The van der Waals surface area contributed by atoms with E-state index in [-0.39, 0.29) is 0 Å². The number of hydrogen-bond acceptors (Lipinski definition) is 2. The largest absolute Gasteiger partial charge is 0.464 e. The molecule has 0 spiro atoms. The molecule has 5 aromatic carbocycles. The molecule has 7 rings (SSSR count). The minimum atomic E-state index is 0.363. The van der Waals surface area contributed by atoms with Crippen LogP contribution in [0.1, 0.15) is 50.7 Å². The van der Waals surface area contributed by atoms with E-state index in [2.05, 4.69) is 135 Å². The van der Waals surface area contributed by atoms with Crippen LogP contribution in [0.4, 0.5) is 0 Å². The first kappa shape index (κ1) is 24.4. The maximum absolute atomic E-state index is 6.17. The summed E-state index contributed by atoms with van der Waals surface area (Å²) in [4.78, 5) is 5.24. The van der Waals surface area contributed by atoms with Crippen LogP contribution < -0.4 is 0 Å². The summed E-state index contributed by atoms with van der Waals surface area (Å²) in [5, 5.41) is 3.55. The summed E-state index contributed by atoms with van der Waals surface area (Å²) in [5.74, 6) is 1.63. The molecule has 0 saturated carbocycles. The molecule has 0 aliphatic heterocycles. The molecule has 0 radical (unpaired) electrons. The molecule has 0 bridgehead atoms. The fraction of sp³-hybridized carbons (Fsp3) is 0.162. The summed E-state index contributed by atoms with van der Waals surface area (Å²) in [6.07, 6.45) is 1.88. The summed E-state index contributed by atoms with van der Waals surface area (Å²) >= 11 is 0. The smallest absolute Gasteiger partial charge is 0.149 e. The van der Waals surface area contributed by atoms with Crippen molar-refractivity contribution in [2.45, 2.75) is 39.5 Å². The van der Waals surface area contributed by atoms with E-state index in [0.717, 1.165) is 33.4 Å². The SMILES string of the molecule is CC(C)c1cccc(C(C)C)c1-n1c(-c2coc3ccc(-c4cccc5ccccc45)cc23)nc2ccccc21. The second-order valence-electron chi connectivity index (χ2n) is 11.2. The van der Waals surface area contributed by atoms with Gasteiger partial charge in [0.05, 0.1) is 22.3 Å². The van der Waals surface area contributed by atoms with E-state index >= 15 is 0 Å². The van der Waals surface area contributed by atoms with Crippen LogP contribution in [0.5, 0.6) is 0 Å². The van der Waals surface area contributed by atoms with Gasteiger partial charge in [-0.15, -0.1) is 0 Å². The quantitative estimate of drug-likeness (QED) is 0.226. The molecule has 0 atom stereocenters. The molecule has 0 aliphatic rings. The van der Waals surface area contributed by atoms with Gasteiger partial charge in [-0.3, -0.25) is 4.57 Å². The van der Waals surface area contributed by atoms with Crippen molar-refractivity contribution in [1.29, 1.82) is 0 Å². The van der Waals surface area contributed by atoms with Gasteiger partial charge in [-0.05, 0) is 69.1 Å². The van der Waals surface area contributed by atoms with Crippen LogP contribution in [0, 0.1) is 0 Å². The number of rotatable bonds is 5. The number of imidazole rings is 1. The third-order valence-electron chi connectivity index (χ3n) is 8.04. The summed E-state index contributed by atoms with van der Waals surface area (Å²) in [6.45, 7) is 9.08. The van der Waals surface area contributed by atoms with Crippen LogP contribution in [-0.2, 0) is 0 Å². The lowest BCUT2D eigenvalue weighted by molar-refractivity contribution is 0.616. The van der Waals surface area contributed by atoms with Gasteiger partial charge >= 0.3 is 0 Å². The van der Waals surface area contributed by atoms with E-state index in [0.29, 0.717) is 11.8 Å². The van der Waals surface area contributed by atoms with Crippen LogP contribution in [0.3, 0.4) is 0 Å². The van der Waals surface area contributed by atoms with Crippen molar-refractivity contribution in [2.75, 3.05) is 0 Å². The summed E-state index contributed by atoms with van der Waals surface area (Å²) in [7, 11) is 0. The molecule has 0 aliphatic carbocycles. The highest BCUT2D eigenvalue weighted by atomic mass is 16.3. The maximum Gasteiger partial charge on any atom is 0.149 e. The predicted molar refractivity (Wildman–Crippen MR) is 167 cm³/mol. The monoisotopic (exact) mass is 520 g/mol. The molecule has 3 nitrogen and oxygen atoms in total. The highest BCUT2D eigenvalue weighted by molar-refractivity contribution is 6.02. The maximum atomic E-state index is 6.17.